The average Bonchev–Trinajstić information content (AvgIpc) is 2.62. The summed E-state index contributed by atoms with van der Waals surface area (Å²) in [5.41, 5.74) is 3.01. The number of anilines is 1. The quantitative estimate of drug-likeness (QED) is 0.713. The number of hydrogen-bond acceptors (Lipinski definition) is 1. The lowest BCUT2D eigenvalue weighted by Crippen LogP contribution is -2.86. The number of nitrogens with one attached hydrogen (secondary N) is 1. The zero-order valence-electron chi connectivity index (χ0n) is 14.4. The molecule has 1 atom stereocenters. The van der Waals surface area contributed by atoms with E-state index < -0.39 is 0 Å². The first kappa shape index (κ1) is 17.5. The Morgan fingerprint density at radius 1 is 1.12 bits per heavy atom. The molecule has 0 aliphatic rings. The number of aryl methyl sites for hydroxylation is 1. The van der Waals surface area contributed by atoms with Gasteiger partial charge in [-0.25, -0.2) is 0 Å². The molecule has 0 saturated heterocycles. The van der Waals surface area contributed by atoms with E-state index in [4.69, 9.17) is 11.6 Å². The molecule has 25 heavy (non-hydrogen) atoms. The van der Waals surface area contributed by atoms with Crippen LogP contribution >= 0.6 is 11.6 Å². The van der Waals surface area contributed by atoms with E-state index in [9.17, 15) is 4.79 Å². The molecule has 3 aromatic carbocycles. The van der Waals surface area contributed by atoms with Crippen LogP contribution < -0.4 is 10.6 Å². The fraction of sp³-hybridized carbons (Fsp3) is 0.190. The molecule has 0 radical (unpaired) electrons. The van der Waals surface area contributed by atoms with Gasteiger partial charge in [-0.05, 0) is 42.3 Å². The van der Waals surface area contributed by atoms with Gasteiger partial charge in [0, 0.05) is 16.3 Å². The van der Waals surface area contributed by atoms with Crippen LogP contribution in [0.5, 0.6) is 0 Å². The fourth-order valence-electron chi connectivity index (χ4n) is 2.99. The van der Waals surface area contributed by atoms with Gasteiger partial charge in [0.25, 0.3) is 5.91 Å². The van der Waals surface area contributed by atoms with Gasteiger partial charge in [0.05, 0.1) is 0 Å². The molecule has 1 amide bonds. The number of hydrogen-bond donors (Lipinski definition) is 2. The van der Waals surface area contributed by atoms with Crippen LogP contribution in [0.15, 0.2) is 60.7 Å². The van der Waals surface area contributed by atoms with Crippen LogP contribution in [0.2, 0.25) is 5.02 Å². The highest BCUT2D eigenvalue weighted by atomic mass is 35.5. The molecular formula is C21H22ClN2O+. The van der Waals surface area contributed by atoms with E-state index in [-0.39, 0.29) is 11.9 Å². The zero-order chi connectivity index (χ0) is 17.8. The first-order valence-electron chi connectivity index (χ1n) is 8.41. The summed E-state index contributed by atoms with van der Waals surface area (Å²) in [5.74, 6) is -0.0301. The SMILES string of the molecule is Cc1ccc(Cl)cc1NC(=O)C[NH2+][C@@H](C)c1cccc2ccccc12. The van der Waals surface area contributed by atoms with Crippen LogP contribution in [0.25, 0.3) is 10.8 Å². The van der Waals surface area contributed by atoms with E-state index in [0.29, 0.717) is 11.6 Å². The fourth-order valence-corrected chi connectivity index (χ4v) is 3.16. The molecule has 0 saturated carbocycles. The van der Waals surface area contributed by atoms with Gasteiger partial charge in [0.2, 0.25) is 0 Å². The monoisotopic (exact) mass is 353 g/mol. The van der Waals surface area contributed by atoms with Gasteiger partial charge in [-0.1, -0.05) is 60.1 Å². The second kappa shape index (κ2) is 7.68. The second-order valence-corrected chi connectivity index (χ2v) is 6.74. The van der Waals surface area contributed by atoms with Crippen LogP contribution in [-0.4, -0.2) is 12.5 Å². The summed E-state index contributed by atoms with van der Waals surface area (Å²) in [5, 5.41) is 8.07. The Kier molecular flexibility index (Phi) is 5.37. The highest BCUT2D eigenvalue weighted by Crippen LogP contribution is 2.22. The maximum atomic E-state index is 12.3. The van der Waals surface area contributed by atoms with Gasteiger partial charge in [-0.15, -0.1) is 0 Å². The Hall–Kier alpha value is -2.36. The van der Waals surface area contributed by atoms with Crippen molar-refractivity contribution in [3.63, 3.8) is 0 Å². The molecule has 128 valence electrons. The van der Waals surface area contributed by atoms with Crippen molar-refractivity contribution in [2.24, 2.45) is 0 Å². The molecule has 0 spiro atoms. The van der Waals surface area contributed by atoms with E-state index in [1.165, 1.54) is 16.3 Å². The topological polar surface area (TPSA) is 45.7 Å². The molecule has 3 N–H and O–H groups in total. The zero-order valence-corrected chi connectivity index (χ0v) is 15.2. The molecule has 3 aromatic rings. The number of halogens is 1. The molecule has 0 unspecified atom stereocenters. The molecule has 0 bridgehead atoms. The third kappa shape index (κ3) is 4.19. The Morgan fingerprint density at radius 3 is 2.72 bits per heavy atom. The van der Waals surface area contributed by atoms with Crippen LogP contribution in [0.4, 0.5) is 5.69 Å². The van der Waals surface area contributed by atoms with Crippen molar-refractivity contribution in [1.29, 1.82) is 0 Å². The molecule has 0 heterocycles. The molecule has 4 heteroatoms. The van der Waals surface area contributed by atoms with Gasteiger partial charge in [0.1, 0.15) is 6.04 Å². The third-order valence-electron chi connectivity index (χ3n) is 4.44. The minimum atomic E-state index is -0.0301. The maximum absolute atomic E-state index is 12.3. The van der Waals surface area contributed by atoms with Crippen molar-refractivity contribution >= 4 is 34.0 Å². The molecule has 0 fully saturated rings. The number of benzene rings is 3. The summed E-state index contributed by atoms with van der Waals surface area (Å²) >= 11 is 6.00. The number of carbonyl (C=O) groups excluding carboxylic acids is 1. The van der Waals surface area contributed by atoms with Crippen LogP contribution in [-0.2, 0) is 4.79 Å². The summed E-state index contributed by atoms with van der Waals surface area (Å²) in [6.45, 7) is 4.43. The molecule has 3 nitrogen and oxygen atoms in total. The van der Waals surface area contributed by atoms with Crippen molar-refractivity contribution in [2.75, 3.05) is 11.9 Å². The number of nitrogens with two attached hydrogens (primary N) is 1. The first-order chi connectivity index (χ1) is 12.0. The van der Waals surface area contributed by atoms with Crippen molar-refractivity contribution in [2.45, 2.75) is 19.9 Å². The van der Waals surface area contributed by atoms with E-state index in [0.717, 1.165) is 11.3 Å². The summed E-state index contributed by atoms with van der Waals surface area (Å²) in [4.78, 5) is 12.3. The molecule has 3 rings (SSSR count). The van der Waals surface area contributed by atoms with E-state index >= 15 is 0 Å². The lowest BCUT2D eigenvalue weighted by molar-refractivity contribution is -0.682. The summed E-state index contributed by atoms with van der Waals surface area (Å²) in [7, 11) is 0. The molecule has 0 aromatic heterocycles. The van der Waals surface area contributed by atoms with Crippen LogP contribution in [0, 0.1) is 6.92 Å². The largest absolute Gasteiger partial charge is 0.332 e. The Balaban J connectivity index is 1.66. The maximum Gasteiger partial charge on any atom is 0.279 e. The number of amides is 1. The number of rotatable bonds is 5. The highest BCUT2D eigenvalue weighted by Gasteiger charge is 2.14. The number of carbonyl (C=O) groups is 1. The first-order valence-corrected chi connectivity index (χ1v) is 8.79. The summed E-state index contributed by atoms with van der Waals surface area (Å²) in [6.07, 6.45) is 0. The van der Waals surface area contributed by atoms with Crippen LogP contribution in [0.1, 0.15) is 24.1 Å². The Morgan fingerprint density at radius 2 is 1.88 bits per heavy atom. The van der Waals surface area contributed by atoms with Crippen molar-refractivity contribution in [3.8, 4) is 0 Å². The third-order valence-corrected chi connectivity index (χ3v) is 4.68. The van der Waals surface area contributed by atoms with Gasteiger partial charge in [-0.3, -0.25) is 4.79 Å². The summed E-state index contributed by atoms with van der Waals surface area (Å²) < 4.78 is 0. The minimum Gasteiger partial charge on any atom is -0.332 e. The standard InChI is InChI=1S/C21H21ClN2O/c1-14-10-11-17(22)12-20(14)24-21(25)13-23-15(2)18-9-5-7-16-6-3-4-8-19(16)18/h3-12,15,23H,13H2,1-2H3,(H,24,25)/p+1/t15-/m0/s1. The predicted molar refractivity (Wildman–Crippen MR) is 104 cm³/mol. The van der Waals surface area contributed by atoms with E-state index in [2.05, 4.69) is 47.9 Å². The van der Waals surface area contributed by atoms with Gasteiger partial charge in [0.15, 0.2) is 6.54 Å². The Bertz CT molecular complexity index is 902. The highest BCUT2D eigenvalue weighted by molar-refractivity contribution is 6.31. The van der Waals surface area contributed by atoms with Crippen molar-refractivity contribution in [3.05, 3.63) is 76.8 Å². The van der Waals surface area contributed by atoms with E-state index in [1.807, 2.05) is 31.2 Å². The van der Waals surface area contributed by atoms with Gasteiger partial charge in [-0.2, -0.15) is 0 Å². The number of quaternary nitrogens is 1. The second-order valence-electron chi connectivity index (χ2n) is 6.30. The minimum absolute atomic E-state index is 0.0301. The molecule has 0 aliphatic heterocycles. The molecular weight excluding hydrogens is 332 g/mol. The normalized spacial score (nSPS) is 12.1. The number of fused-ring (bicyclic) bond motifs is 1. The Labute approximate surface area is 153 Å². The van der Waals surface area contributed by atoms with Gasteiger partial charge >= 0.3 is 0 Å². The van der Waals surface area contributed by atoms with Crippen molar-refractivity contribution in [1.82, 2.24) is 0 Å². The lowest BCUT2D eigenvalue weighted by atomic mass is 10.00. The summed E-state index contributed by atoms with van der Waals surface area (Å²) in [6, 6.07) is 20.3. The van der Waals surface area contributed by atoms with Gasteiger partial charge < -0.3 is 10.6 Å². The van der Waals surface area contributed by atoms with Crippen molar-refractivity contribution < 1.29 is 10.1 Å². The lowest BCUT2D eigenvalue weighted by Gasteiger charge is -2.14. The smallest absolute Gasteiger partial charge is 0.279 e. The predicted octanol–water partition coefficient (Wildman–Crippen LogP) is 4.06. The molecule has 0 aliphatic carbocycles. The average molecular weight is 354 g/mol. The van der Waals surface area contributed by atoms with Crippen LogP contribution in [0.3, 0.4) is 0 Å². The van der Waals surface area contributed by atoms with E-state index in [1.54, 1.807) is 6.07 Å².